The molecule has 0 heterocycles. The summed E-state index contributed by atoms with van der Waals surface area (Å²) in [6, 6.07) is 0.277. The number of hydrogen-bond acceptors (Lipinski definition) is 3. The molecule has 0 saturated heterocycles. The van der Waals surface area contributed by atoms with E-state index in [0.717, 1.165) is 12.2 Å². The number of hydrogen-bond donors (Lipinski definition) is 2. The van der Waals surface area contributed by atoms with Crippen molar-refractivity contribution >= 4 is 17.7 Å². The zero-order valence-corrected chi connectivity index (χ0v) is 9.70. The Morgan fingerprint density at radius 2 is 2.15 bits per heavy atom. The molecule has 4 heteroatoms. The Kier molecular flexibility index (Phi) is 5.40. The van der Waals surface area contributed by atoms with Crippen molar-refractivity contribution in [2.75, 3.05) is 12.0 Å². The summed E-state index contributed by atoms with van der Waals surface area (Å²) in [6.07, 6.45) is 2.80. The highest BCUT2D eigenvalue weighted by atomic mass is 32.2. The Morgan fingerprint density at radius 3 is 2.46 bits per heavy atom. The van der Waals surface area contributed by atoms with Gasteiger partial charge in [0.05, 0.1) is 5.54 Å². The summed E-state index contributed by atoms with van der Waals surface area (Å²) in [5.41, 5.74) is 4.79. The van der Waals surface area contributed by atoms with Crippen LogP contribution in [0.1, 0.15) is 27.2 Å². The van der Waals surface area contributed by atoms with E-state index in [1.54, 1.807) is 11.8 Å². The first-order chi connectivity index (χ1) is 5.92. The molecule has 0 aromatic carbocycles. The quantitative estimate of drug-likeness (QED) is 0.678. The fourth-order valence-corrected chi connectivity index (χ4v) is 1.82. The second-order valence-corrected chi connectivity index (χ2v) is 4.72. The second kappa shape index (κ2) is 5.50. The number of nitrogens with one attached hydrogen (secondary N) is 1. The van der Waals surface area contributed by atoms with Crippen LogP contribution in [0.2, 0.25) is 0 Å². The number of amides is 1. The molecule has 0 radical (unpaired) electrons. The van der Waals surface area contributed by atoms with Crippen LogP contribution in [0.4, 0.5) is 0 Å². The molecule has 1 amide bonds. The van der Waals surface area contributed by atoms with Crippen LogP contribution >= 0.6 is 11.8 Å². The maximum Gasteiger partial charge on any atom is 0.237 e. The molecule has 0 rings (SSSR count). The molecular formula is C9H20N2OS. The number of primary amides is 1. The van der Waals surface area contributed by atoms with Crippen molar-refractivity contribution in [1.29, 1.82) is 0 Å². The SMILES string of the molecule is CSCCC(C)(NC(C)C)C(N)=O. The van der Waals surface area contributed by atoms with Crippen molar-refractivity contribution in [3.63, 3.8) is 0 Å². The molecule has 0 fully saturated rings. The number of rotatable bonds is 6. The predicted octanol–water partition coefficient (Wildman–Crippen LogP) is 0.981. The second-order valence-electron chi connectivity index (χ2n) is 3.74. The van der Waals surface area contributed by atoms with Gasteiger partial charge in [-0.15, -0.1) is 0 Å². The lowest BCUT2D eigenvalue weighted by Gasteiger charge is -2.29. The average Bonchev–Trinajstić information content (AvgIpc) is 1.99. The smallest absolute Gasteiger partial charge is 0.237 e. The van der Waals surface area contributed by atoms with E-state index in [4.69, 9.17) is 5.73 Å². The molecule has 0 aromatic heterocycles. The standard InChI is InChI=1S/C9H20N2OS/c1-7(2)11-9(3,8(10)12)5-6-13-4/h7,11H,5-6H2,1-4H3,(H2,10,12). The van der Waals surface area contributed by atoms with Crippen LogP contribution in [0.3, 0.4) is 0 Å². The lowest BCUT2D eigenvalue weighted by molar-refractivity contribution is -0.124. The summed E-state index contributed by atoms with van der Waals surface area (Å²) in [7, 11) is 0. The fraction of sp³-hybridized carbons (Fsp3) is 0.889. The first kappa shape index (κ1) is 12.8. The average molecular weight is 204 g/mol. The van der Waals surface area contributed by atoms with Gasteiger partial charge in [-0.1, -0.05) is 0 Å². The van der Waals surface area contributed by atoms with E-state index in [1.165, 1.54) is 0 Å². The number of nitrogens with two attached hydrogens (primary N) is 1. The van der Waals surface area contributed by atoms with Gasteiger partial charge < -0.3 is 11.1 Å². The third kappa shape index (κ3) is 4.52. The summed E-state index contributed by atoms with van der Waals surface area (Å²) in [4.78, 5) is 11.2. The minimum atomic E-state index is -0.558. The lowest BCUT2D eigenvalue weighted by atomic mass is 9.97. The minimum absolute atomic E-state index is 0.268. The van der Waals surface area contributed by atoms with E-state index >= 15 is 0 Å². The largest absolute Gasteiger partial charge is 0.368 e. The maximum atomic E-state index is 11.2. The van der Waals surface area contributed by atoms with Crippen LogP contribution in [0.15, 0.2) is 0 Å². The van der Waals surface area contributed by atoms with Gasteiger partial charge in [-0.25, -0.2) is 0 Å². The normalized spacial score (nSPS) is 15.8. The monoisotopic (exact) mass is 204 g/mol. The minimum Gasteiger partial charge on any atom is -0.368 e. The van der Waals surface area contributed by atoms with Crippen LogP contribution in [0.5, 0.6) is 0 Å². The molecule has 0 aliphatic rings. The molecule has 0 saturated carbocycles. The van der Waals surface area contributed by atoms with Gasteiger partial charge in [0.15, 0.2) is 0 Å². The van der Waals surface area contributed by atoms with Crippen LogP contribution in [0, 0.1) is 0 Å². The van der Waals surface area contributed by atoms with E-state index in [2.05, 4.69) is 5.32 Å². The van der Waals surface area contributed by atoms with Crippen molar-refractivity contribution < 1.29 is 4.79 Å². The van der Waals surface area contributed by atoms with E-state index in [-0.39, 0.29) is 11.9 Å². The molecule has 78 valence electrons. The number of thioether (sulfide) groups is 1. The van der Waals surface area contributed by atoms with Crippen molar-refractivity contribution in [2.45, 2.75) is 38.8 Å². The van der Waals surface area contributed by atoms with Crippen LogP contribution in [-0.2, 0) is 4.79 Å². The Hall–Kier alpha value is -0.220. The molecule has 1 unspecified atom stereocenters. The van der Waals surface area contributed by atoms with Gasteiger partial charge >= 0.3 is 0 Å². The lowest BCUT2D eigenvalue weighted by Crippen LogP contribution is -2.55. The molecular weight excluding hydrogens is 184 g/mol. The highest BCUT2D eigenvalue weighted by Crippen LogP contribution is 2.13. The highest BCUT2D eigenvalue weighted by Gasteiger charge is 2.30. The van der Waals surface area contributed by atoms with Gasteiger partial charge in [0.1, 0.15) is 0 Å². The molecule has 0 aliphatic heterocycles. The predicted molar refractivity (Wildman–Crippen MR) is 58.9 cm³/mol. The third-order valence-electron chi connectivity index (χ3n) is 1.96. The van der Waals surface area contributed by atoms with Gasteiger partial charge in [-0.05, 0) is 39.2 Å². The Labute approximate surface area is 84.8 Å². The Bertz CT molecular complexity index is 173. The summed E-state index contributed by atoms with van der Waals surface area (Å²) in [6.45, 7) is 5.89. The molecule has 3 N–H and O–H groups in total. The van der Waals surface area contributed by atoms with E-state index in [9.17, 15) is 4.79 Å². The molecule has 0 spiro atoms. The topological polar surface area (TPSA) is 55.1 Å². The summed E-state index contributed by atoms with van der Waals surface area (Å²) < 4.78 is 0. The van der Waals surface area contributed by atoms with Crippen LogP contribution in [-0.4, -0.2) is 29.5 Å². The molecule has 3 nitrogen and oxygen atoms in total. The number of carbonyl (C=O) groups excluding carboxylic acids is 1. The first-order valence-corrected chi connectivity index (χ1v) is 5.88. The van der Waals surface area contributed by atoms with Crippen molar-refractivity contribution in [2.24, 2.45) is 5.73 Å². The van der Waals surface area contributed by atoms with Crippen LogP contribution in [0.25, 0.3) is 0 Å². The molecule has 0 aliphatic carbocycles. The molecule has 0 aromatic rings. The van der Waals surface area contributed by atoms with Crippen molar-refractivity contribution in [3.8, 4) is 0 Å². The summed E-state index contributed by atoms with van der Waals surface area (Å²) >= 11 is 1.73. The first-order valence-electron chi connectivity index (χ1n) is 4.49. The maximum absolute atomic E-state index is 11.2. The van der Waals surface area contributed by atoms with Crippen LogP contribution < -0.4 is 11.1 Å². The van der Waals surface area contributed by atoms with E-state index in [0.29, 0.717) is 0 Å². The van der Waals surface area contributed by atoms with Gasteiger partial charge in [0, 0.05) is 6.04 Å². The Morgan fingerprint density at radius 1 is 1.62 bits per heavy atom. The molecule has 1 atom stereocenters. The highest BCUT2D eigenvalue weighted by molar-refractivity contribution is 7.98. The summed E-state index contributed by atoms with van der Waals surface area (Å²) in [5.74, 6) is 0.675. The zero-order valence-electron chi connectivity index (χ0n) is 8.89. The van der Waals surface area contributed by atoms with Gasteiger partial charge in [0.2, 0.25) is 5.91 Å². The van der Waals surface area contributed by atoms with Crippen molar-refractivity contribution in [3.05, 3.63) is 0 Å². The van der Waals surface area contributed by atoms with Gasteiger partial charge in [-0.3, -0.25) is 4.79 Å². The van der Waals surface area contributed by atoms with Gasteiger partial charge in [0.25, 0.3) is 0 Å². The third-order valence-corrected chi connectivity index (χ3v) is 2.57. The fourth-order valence-electron chi connectivity index (χ4n) is 1.21. The Balaban J connectivity index is 4.25. The molecule has 0 bridgehead atoms. The number of carbonyl (C=O) groups is 1. The molecule has 13 heavy (non-hydrogen) atoms. The summed E-state index contributed by atoms with van der Waals surface area (Å²) in [5, 5.41) is 3.20. The van der Waals surface area contributed by atoms with E-state index in [1.807, 2.05) is 27.0 Å². The van der Waals surface area contributed by atoms with Gasteiger partial charge in [-0.2, -0.15) is 11.8 Å². The zero-order chi connectivity index (χ0) is 10.5. The van der Waals surface area contributed by atoms with E-state index < -0.39 is 5.54 Å². The van der Waals surface area contributed by atoms with Crippen molar-refractivity contribution in [1.82, 2.24) is 5.32 Å².